The number of carbonyl (C=O) groups is 2. The first-order valence-corrected chi connectivity index (χ1v) is 37.7. The molecule has 0 saturated carbocycles. The maximum atomic E-state index is 12.9. The number of ether oxygens (including phenoxy) is 2. The van der Waals surface area contributed by atoms with E-state index in [-0.39, 0.29) is 26.1 Å². The number of esters is 2. The van der Waals surface area contributed by atoms with Crippen LogP contribution in [-0.2, 0) is 32.7 Å². The van der Waals surface area contributed by atoms with Gasteiger partial charge in [-0.15, -0.1) is 0 Å². The summed E-state index contributed by atoms with van der Waals surface area (Å²) in [6, 6.07) is 0. The minimum absolute atomic E-state index is 0.0173. The number of carbonyl (C=O) groups excluding carboxylic acids is 2. The highest BCUT2D eigenvalue weighted by Gasteiger charge is 2.27. The van der Waals surface area contributed by atoms with Crippen LogP contribution in [0.25, 0.3) is 0 Å². The van der Waals surface area contributed by atoms with Crippen LogP contribution in [-0.4, -0.2) is 74.9 Å². The Kier molecular flexibility index (Phi) is 66.2. The maximum absolute atomic E-state index is 12.9. The summed E-state index contributed by atoms with van der Waals surface area (Å²) in [4.78, 5) is 35.9. The first-order valence-electron chi connectivity index (χ1n) is 36.2. The largest absolute Gasteiger partial charge is 0.472 e. The normalized spacial score (nSPS) is 14.3. The third-order valence-electron chi connectivity index (χ3n) is 14.6. The van der Waals surface area contributed by atoms with E-state index in [0.29, 0.717) is 23.9 Å². The predicted molar refractivity (Wildman–Crippen MR) is 399 cm³/mol. The van der Waals surface area contributed by atoms with Gasteiger partial charge in [-0.2, -0.15) is 0 Å². The number of phosphoric ester groups is 1. The summed E-state index contributed by atoms with van der Waals surface area (Å²) < 4.78 is 34.7. The standard InChI is InChI=1S/C82H132NO8P/c1-6-8-10-12-14-16-18-20-22-24-26-28-30-32-34-36-37-38-39-40-41-42-43-44-45-47-49-51-53-55-57-59-61-63-65-67-69-71-73-75-82(85)91-80(79-90-92(86,87)89-77-76-83(3,4)5)78-88-81(84)74-72-70-68-66-64-62-60-58-56-54-52-50-48-46-35-33-31-29-27-25-23-21-19-17-15-13-11-9-7-2/h8-11,14-17,20-23,26-29,32-35,37-38,40-41,43-44,48,50,54,56,60,62,80H,6-7,12-13,18-19,24-25,30-31,36,39,42,45-47,49,51-53,55,57-59,61,63-79H2,1-5H3/p+1/b10-8-,11-9-,16-14-,17-15-,22-20-,23-21-,28-26-,29-27-,34-32-,35-33-,38-37-,41-40-,44-43-,50-48-,56-54-,62-60-. The fourth-order valence-electron chi connectivity index (χ4n) is 9.16. The van der Waals surface area contributed by atoms with Crippen molar-refractivity contribution >= 4 is 19.8 Å². The lowest BCUT2D eigenvalue weighted by Crippen LogP contribution is -2.37. The zero-order chi connectivity index (χ0) is 66.9. The molecular formula is C82H133NO8P+. The Balaban J connectivity index is 4.14. The van der Waals surface area contributed by atoms with Crippen LogP contribution in [0.1, 0.15) is 258 Å². The molecule has 0 fully saturated rings. The highest BCUT2D eigenvalue weighted by molar-refractivity contribution is 7.47. The zero-order valence-corrected chi connectivity index (χ0v) is 59.8. The van der Waals surface area contributed by atoms with Crippen LogP contribution >= 0.6 is 7.82 Å². The molecule has 0 bridgehead atoms. The van der Waals surface area contributed by atoms with Gasteiger partial charge in [-0.25, -0.2) is 4.57 Å². The molecule has 0 spiro atoms. The molecule has 518 valence electrons. The van der Waals surface area contributed by atoms with Crippen molar-refractivity contribution in [3.63, 3.8) is 0 Å². The molecule has 1 N–H and O–H groups in total. The predicted octanol–water partition coefficient (Wildman–Crippen LogP) is 24.0. The number of hydrogen-bond acceptors (Lipinski definition) is 7. The van der Waals surface area contributed by atoms with Crippen molar-refractivity contribution in [2.24, 2.45) is 0 Å². The van der Waals surface area contributed by atoms with E-state index in [0.717, 1.165) is 148 Å². The van der Waals surface area contributed by atoms with Gasteiger partial charge < -0.3 is 18.9 Å². The topological polar surface area (TPSA) is 108 Å². The van der Waals surface area contributed by atoms with Crippen molar-refractivity contribution in [1.82, 2.24) is 0 Å². The molecule has 92 heavy (non-hydrogen) atoms. The number of phosphoric acid groups is 1. The van der Waals surface area contributed by atoms with E-state index in [9.17, 15) is 19.0 Å². The number of rotatable bonds is 64. The van der Waals surface area contributed by atoms with Gasteiger partial charge in [0.25, 0.3) is 0 Å². The average Bonchev–Trinajstić information content (AvgIpc) is 2.14. The first-order chi connectivity index (χ1) is 45.0. The monoisotopic (exact) mass is 1290 g/mol. The van der Waals surface area contributed by atoms with Crippen LogP contribution in [0.15, 0.2) is 194 Å². The van der Waals surface area contributed by atoms with Gasteiger partial charge in [-0.05, 0) is 141 Å². The Morgan fingerprint density at radius 3 is 0.870 bits per heavy atom. The lowest BCUT2D eigenvalue weighted by atomic mass is 10.0. The Morgan fingerprint density at radius 2 is 0.587 bits per heavy atom. The van der Waals surface area contributed by atoms with Crippen molar-refractivity contribution in [2.45, 2.75) is 264 Å². The van der Waals surface area contributed by atoms with Crippen molar-refractivity contribution in [3.8, 4) is 0 Å². The van der Waals surface area contributed by atoms with Crippen molar-refractivity contribution < 1.29 is 42.1 Å². The molecule has 0 amide bonds. The van der Waals surface area contributed by atoms with Crippen molar-refractivity contribution in [3.05, 3.63) is 194 Å². The molecule has 0 aromatic rings. The maximum Gasteiger partial charge on any atom is 0.472 e. The highest BCUT2D eigenvalue weighted by Crippen LogP contribution is 2.43. The van der Waals surface area contributed by atoms with Gasteiger partial charge in [-0.1, -0.05) is 298 Å². The lowest BCUT2D eigenvalue weighted by molar-refractivity contribution is -0.870. The second-order valence-electron chi connectivity index (χ2n) is 24.5. The summed E-state index contributed by atoms with van der Waals surface area (Å²) in [5.41, 5.74) is 0. The highest BCUT2D eigenvalue weighted by atomic mass is 31.2. The van der Waals surface area contributed by atoms with Crippen LogP contribution in [0.5, 0.6) is 0 Å². The van der Waals surface area contributed by atoms with E-state index in [1.54, 1.807) is 0 Å². The molecule has 0 aliphatic rings. The van der Waals surface area contributed by atoms with Gasteiger partial charge in [-0.3, -0.25) is 18.6 Å². The van der Waals surface area contributed by atoms with Gasteiger partial charge in [0.2, 0.25) is 0 Å². The number of likely N-dealkylation sites (N-methyl/N-ethyl adjacent to an activating group) is 1. The third-order valence-corrected chi connectivity index (χ3v) is 15.6. The van der Waals surface area contributed by atoms with Crippen molar-refractivity contribution in [2.75, 3.05) is 47.5 Å². The summed E-state index contributed by atoms with van der Waals surface area (Å²) in [7, 11) is 1.44. The Morgan fingerprint density at radius 1 is 0.337 bits per heavy atom. The SMILES string of the molecule is CC/C=C\C/C=C\C/C=C\C/C=C\C/C=C\C/C=C\C/C=C\C/C=C\CCCCCCCCCCCCCCCCC(=O)OC(COC(=O)CCCCCC/C=C\C/C=C\C/C=C\C/C=C\C/C=C\C/C=C\C/C=C\C/C=C\CC)COP(=O)(O)OCC[N+](C)(C)C. The van der Waals surface area contributed by atoms with E-state index in [1.807, 2.05) is 21.1 Å². The second kappa shape index (κ2) is 70.2. The van der Waals surface area contributed by atoms with Gasteiger partial charge >= 0.3 is 19.8 Å². The molecule has 0 rings (SSSR count). The number of quaternary nitrogens is 1. The smallest absolute Gasteiger partial charge is 0.462 e. The van der Waals surface area contributed by atoms with E-state index in [2.05, 4.69) is 208 Å². The fourth-order valence-corrected chi connectivity index (χ4v) is 9.91. The van der Waals surface area contributed by atoms with E-state index in [1.165, 1.54) is 70.6 Å². The third kappa shape index (κ3) is 73.9. The molecule has 0 aromatic carbocycles. The van der Waals surface area contributed by atoms with E-state index >= 15 is 0 Å². The number of hydrogen-bond donors (Lipinski definition) is 1. The summed E-state index contributed by atoms with van der Waals surface area (Å²) in [5, 5.41) is 0. The zero-order valence-electron chi connectivity index (χ0n) is 59.0. The van der Waals surface area contributed by atoms with Crippen molar-refractivity contribution in [1.29, 1.82) is 0 Å². The number of allylic oxidation sites excluding steroid dienone is 32. The van der Waals surface area contributed by atoms with Crippen LogP contribution < -0.4 is 0 Å². The molecule has 0 aliphatic heterocycles. The summed E-state index contributed by atoms with van der Waals surface area (Å²) in [6.45, 7) is 4.16. The van der Waals surface area contributed by atoms with Crippen LogP contribution in [0, 0.1) is 0 Å². The fraction of sp³-hybridized carbons (Fsp3) is 0.585. The Labute approximate surface area is 564 Å². The van der Waals surface area contributed by atoms with Crippen LogP contribution in [0.4, 0.5) is 0 Å². The molecule has 0 aliphatic carbocycles. The summed E-state index contributed by atoms with van der Waals surface area (Å²) in [6.07, 6.45) is 110. The summed E-state index contributed by atoms with van der Waals surface area (Å²) in [5.74, 6) is -0.838. The van der Waals surface area contributed by atoms with Gasteiger partial charge in [0, 0.05) is 12.8 Å². The summed E-state index contributed by atoms with van der Waals surface area (Å²) >= 11 is 0. The molecule has 2 unspecified atom stereocenters. The molecule has 0 heterocycles. The quantitative estimate of drug-likeness (QED) is 0.0211. The molecular weight excluding hydrogens is 1160 g/mol. The molecule has 0 aromatic heterocycles. The van der Waals surface area contributed by atoms with Gasteiger partial charge in [0.05, 0.1) is 27.7 Å². The molecule has 2 atom stereocenters. The first kappa shape index (κ1) is 86.9. The molecule has 0 saturated heterocycles. The van der Waals surface area contributed by atoms with E-state index in [4.69, 9.17) is 18.5 Å². The molecule has 0 radical (unpaired) electrons. The van der Waals surface area contributed by atoms with Gasteiger partial charge in [0.1, 0.15) is 19.8 Å². The van der Waals surface area contributed by atoms with Gasteiger partial charge in [0.15, 0.2) is 6.10 Å². The minimum atomic E-state index is -4.41. The van der Waals surface area contributed by atoms with E-state index < -0.39 is 32.5 Å². The molecule has 10 heteroatoms. The minimum Gasteiger partial charge on any atom is -0.462 e. The lowest BCUT2D eigenvalue weighted by Gasteiger charge is -2.24. The van der Waals surface area contributed by atoms with Crippen LogP contribution in [0.2, 0.25) is 0 Å². The Hall–Kier alpha value is -5.15. The average molecular weight is 1290 g/mol. The second-order valence-corrected chi connectivity index (χ2v) is 26.0. The number of nitrogens with zero attached hydrogens (tertiary/aromatic N) is 1. The number of unbranched alkanes of at least 4 members (excludes halogenated alkanes) is 18. The Bertz CT molecular complexity index is 2260. The van der Waals surface area contributed by atoms with Crippen LogP contribution in [0.3, 0.4) is 0 Å². The molecule has 9 nitrogen and oxygen atoms in total.